The molecule has 0 saturated heterocycles. The lowest BCUT2D eigenvalue weighted by Gasteiger charge is -2.23. The molecule has 0 fully saturated rings. The van der Waals surface area contributed by atoms with E-state index in [2.05, 4.69) is 5.32 Å². The van der Waals surface area contributed by atoms with E-state index in [-0.39, 0.29) is 11.8 Å². The van der Waals surface area contributed by atoms with E-state index in [1.165, 1.54) is 0 Å². The molecule has 0 heterocycles. The van der Waals surface area contributed by atoms with E-state index in [1.807, 2.05) is 26.1 Å². The van der Waals surface area contributed by atoms with Crippen LogP contribution in [0.1, 0.15) is 13.3 Å². The summed E-state index contributed by atoms with van der Waals surface area (Å²) in [6.07, 6.45) is 0.831. The molecule has 94 valence electrons. The maximum atomic E-state index is 12.2. The van der Waals surface area contributed by atoms with Crippen molar-refractivity contribution in [1.82, 2.24) is 5.32 Å². The van der Waals surface area contributed by atoms with E-state index in [9.17, 15) is 4.79 Å². The highest BCUT2D eigenvalue weighted by molar-refractivity contribution is 6.30. The summed E-state index contributed by atoms with van der Waals surface area (Å²) in [6, 6.07) is 7.29. The minimum atomic E-state index is 0.0145. The molecule has 0 aromatic heterocycles. The standard InChI is InChI=1S/C13H19ClN2O/c1-4-10(9-15-2)13(17)16(3)12-7-5-11(14)6-8-12/h5-8,10,15H,4,9H2,1-3H3. The number of halogens is 1. The average molecular weight is 255 g/mol. The molecule has 17 heavy (non-hydrogen) atoms. The van der Waals surface area contributed by atoms with Crippen LogP contribution in [0.15, 0.2) is 24.3 Å². The van der Waals surface area contributed by atoms with Crippen LogP contribution in [0.5, 0.6) is 0 Å². The summed E-state index contributed by atoms with van der Waals surface area (Å²) in [5, 5.41) is 3.72. The van der Waals surface area contributed by atoms with Gasteiger partial charge >= 0.3 is 0 Å². The van der Waals surface area contributed by atoms with Crippen LogP contribution in [0.4, 0.5) is 5.69 Å². The third-order valence-electron chi connectivity index (χ3n) is 2.84. The Kier molecular flexibility index (Phi) is 5.45. The second-order valence-corrected chi connectivity index (χ2v) is 4.47. The SMILES string of the molecule is CCC(CNC)C(=O)N(C)c1ccc(Cl)cc1. The minimum absolute atomic E-state index is 0.0145. The molecule has 0 aliphatic rings. The van der Waals surface area contributed by atoms with Crippen molar-refractivity contribution in [2.75, 3.05) is 25.5 Å². The third kappa shape index (κ3) is 3.72. The first-order valence-corrected chi connectivity index (χ1v) is 6.15. The number of nitrogens with one attached hydrogen (secondary N) is 1. The molecular formula is C13H19ClN2O. The smallest absolute Gasteiger partial charge is 0.231 e. The van der Waals surface area contributed by atoms with Crippen molar-refractivity contribution in [3.63, 3.8) is 0 Å². The zero-order chi connectivity index (χ0) is 12.8. The minimum Gasteiger partial charge on any atom is -0.319 e. The van der Waals surface area contributed by atoms with Crippen molar-refractivity contribution in [2.45, 2.75) is 13.3 Å². The zero-order valence-corrected chi connectivity index (χ0v) is 11.3. The van der Waals surface area contributed by atoms with Crippen LogP contribution in [0, 0.1) is 5.92 Å². The molecule has 0 aliphatic carbocycles. The van der Waals surface area contributed by atoms with Gasteiger partial charge in [-0.05, 0) is 37.7 Å². The molecule has 0 bridgehead atoms. The topological polar surface area (TPSA) is 32.3 Å². The van der Waals surface area contributed by atoms with Crippen LogP contribution in [-0.4, -0.2) is 26.5 Å². The summed E-state index contributed by atoms with van der Waals surface area (Å²) in [7, 11) is 3.65. The number of benzene rings is 1. The Morgan fingerprint density at radius 3 is 2.47 bits per heavy atom. The predicted molar refractivity (Wildman–Crippen MR) is 72.6 cm³/mol. The molecule has 0 aliphatic heterocycles. The van der Waals surface area contributed by atoms with Gasteiger partial charge in [0.2, 0.25) is 5.91 Å². The maximum Gasteiger partial charge on any atom is 0.231 e. The van der Waals surface area contributed by atoms with Gasteiger partial charge in [-0.1, -0.05) is 18.5 Å². The van der Waals surface area contributed by atoms with Gasteiger partial charge in [-0.3, -0.25) is 4.79 Å². The molecule has 1 aromatic rings. The normalized spacial score (nSPS) is 12.2. The number of hydrogen-bond acceptors (Lipinski definition) is 2. The fraction of sp³-hybridized carbons (Fsp3) is 0.462. The first-order valence-electron chi connectivity index (χ1n) is 5.77. The number of carbonyl (C=O) groups excluding carboxylic acids is 1. The van der Waals surface area contributed by atoms with Crippen molar-refractivity contribution >= 4 is 23.2 Å². The van der Waals surface area contributed by atoms with E-state index in [4.69, 9.17) is 11.6 Å². The fourth-order valence-corrected chi connectivity index (χ4v) is 1.84. The number of hydrogen-bond donors (Lipinski definition) is 1. The predicted octanol–water partition coefficient (Wildman–Crippen LogP) is 2.55. The Balaban J connectivity index is 2.77. The van der Waals surface area contributed by atoms with Crippen molar-refractivity contribution in [3.05, 3.63) is 29.3 Å². The second-order valence-electron chi connectivity index (χ2n) is 4.04. The van der Waals surface area contributed by atoms with Crippen LogP contribution >= 0.6 is 11.6 Å². The molecule has 1 unspecified atom stereocenters. The highest BCUT2D eigenvalue weighted by Crippen LogP contribution is 2.19. The Morgan fingerprint density at radius 1 is 1.41 bits per heavy atom. The Labute approximate surface area is 108 Å². The van der Waals surface area contributed by atoms with Gasteiger partial charge in [-0.2, -0.15) is 0 Å². The maximum absolute atomic E-state index is 12.2. The lowest BCUT2D eigenvalue weighted by atomic mass is 10.0. The quantitative estimate of drug-likeness (QED) is 0.876. The first kappa shape index (κ1) is 14.0. The number of amides is 1. The van der Waals surface area contributed by atoms with Gasteiger partial charge in [0, 0.05) is 24.3 Å². The zero-order valence-electron chi connectivity index (χ0n) is 10.5. The van der Waals surface area contributed by atoms with Crippen molar-refractivity contribution < 1.29 is 4.79 Å². The van der Waals surface area contributed by atoms with Crippen LogP contribution < -0.4 is 10.2 Å². The van der Waals surface area contributed by atoms with Crippen LogP contribution in [0.3, 0.4) is 0 Å². The molecule has 0 saturated carbocycles. The molecule has 0 radical (unpaired) electrons. The average Bonchev–Trinajstić information content (AvgIpc) is 2.35. The number of nitrogens with zero attached hydrogens (tertiary/aromatic N) is 1. The third-order valence-corrected chi connectivity index (χ3v) is 3.09. The molecule has 0 spiro atoms. The van der Waals surface area contributed by atoms with Gasteiger partial charge in [-0.15, -0.1) is 0 Å². The monoisotopic (exact) mass is 254 g/mol. The van der Waals surface area contributed by atoms with Crippen LogP contribution in [-0.2, 0) is 4.79 Å². The van der Waals surface area contributed by atoms with Gasteiger partial charge in [-0.25, -0.2) is 0 Å². The van der Waals surface area contributed by atoms with Gasteiger partial charge < -0.3 is 10.2 Å². The van der Waals surface area contributed by atoms with Crippen molar-refractivity contribution in [3.8, 4) is 0 Å². The Bertz CT molecular complexity index is 364. The molecule has 4 heteroatoms. The summed E-state index contributed by atoms with van der Waals surface area (Å²) in [5.74, 6) is 0.143. The van der Waals surface area contributed by atoms with Crippen molar-refractivity contribution in [2.24, 2.45) is 5.92 Å². The van der Waals surface area contributed by atoms with E-state index < -0.39 is 0 Å². The molecule has 1 amide bonds. The van der Waals surface area contributed by atoms with E-state index in [0.29, 0.717) is 11.6 Å². The molecule has 1 rings (SSSR count). The summed E-state index contributed by atoms with van der Waals surface area (Å²) in [4.78, 5) is 13.9. The second kappa shape index (κ2) is 6.62. The highest BCUT2D eigenvalue weighted by atomic mass is 35.5. The van der Waals surface area contributed by atoms with Crippen LogP contribution in [0.25, 0.3) is 0 Å². The highest BCUT2D eigenvalue weighted by Gasteiger charge is 2.20. The summed E-state index contributed by atoms with van der Waals surface area (Å²) in [6.45, 7) is 2.73. The van der Waals surface area contributed by atoms with Gasteiger partial charge in [0.1, 0.15) is 0 Å². The first-order chi connectivity index (χ1) is 8.10. The lowest BCUT2D eigenvalue weighted by molar-refractivity contribution is -0.122. The van der Waals surface area contributed by atoms with Gasteiger partial charge in [0.05, 0.1) is 5.92 Å². The summed E-state index contributed by atoms with van der Waals surface area (Å²) >= 11 is 5.82. The largest absolute Gasteiger partial charge is 0.319 e. The molecule has 1 aromatic carbocycles. The van der Waals surface area contributed by atoms with E-state index in [1.54, 1.807) is 24.1 Å². The lowest BCUT2D eigenvalue weighted by Crippen LogP contribution is -2.37. The Morgan fingerprint density at radius 2 is 2.00 bits per heavy atom. The number of rotatable bonds is 5. The molecule has 1 N–H and O–H groups in total. The summed E-state index contributed by atoms with van der Waals surface area (Å²) in [5.41, 5.74) is 0.869. The molecule has 3 nitrogen and oxygen atoms in total. The number of anilines is 1. The fourth-order valence-electron chi connectivity index (χ4n) is 1.72. The molecule has 1 atom stereocenters. The Hall–Kier alpha value is -1.06. The van der Waals surface area contributed by atoms with E-state index in [0.717, 1.165) is 12.1 Å². The van der Waals surface area contributed by atoms with Gasteiger partial charge in [0.15, 0.2) is 0 Å². The van der Waals surface area contributed by atoms with Gasteiger partial charge in [0.25, 0.3) is 0 Å². The number of carbonyl (C=O) groups is 1. The summed E-state index contributed by atoms with van der Waals surface area (Å²) < 4.78 is 0. The van der Waals surface area contributed by atoms with E-state index >= 15 is 0 Å². The van der Waals surface area contributed by atoms with Crippen molar-refractivity contribution in [1.29, 1.82) is 0 Å². The molecular weight excluding hydrogens is 236 g/mol. The van der Waals surface area contributed by atoms with Crippen LogP contribution in [0.2, 0.25) is 5.02 Å².